The van der Waals surface area contributed by atoms with E-state index < -0.39 is 23.7 Å². The Labute approximate surface area is 206 Å². The van der Waals surface area contributed by atoms with E-state index in [0.29, 0.717) is 17.7 Å². The van der Waals surface area contributed by atoms with Crippen molar-refractivity contribution in [3.8, 4) is 0 Å². The van der Waals surface area contributed by atoms with Crippen LogP contribution in [-0.2, 0) is 4.79 Å². The van der Waals surface area contributed by atoms with Crippen LogP contribution in [0.5, 0.6) is 0 Å². The first kappa shape index (κ1) is 29.5. The molecule has 3 nitrogen and oxygen atoms in total. The van der Waals surface area contributed by atoms with Gasteiger partial charge in [-0.25, -0.2) is 22.0 Å². The summed E-state index contributed by atoms with van der Waals surface area (Å²) in [4.78, 5) is 12.5. The largest absolute Gasteiger partial charge is 0.329 e. The van der Waals surface area contributed by atoms with Gasteiger partial charge in [0.1, 0.15) is 5.82 Å². The molecule has 8 heteroatoms. The van der Waals surface area contributed by atoms with E-state index in [1.807, 2.05) is 13.8 Å². The molecule has 4 rings (SSSR count). The molecule has 0 radical (unpaired) electrons. The number of nitrogens with zero attached hydrogens (tertiary/aromatic N) is 1. The van der Waals surface area contributed by atoms with E-state index >= 15 is 0 Å². The highest BCUT2D eigenvalue weighted by atomic mass is 19.3. The lowest BCUT2D eigenvalue weighted by Crippen LogP contribution is -2.57. The molecule has 200 valence electrons. The smallest absolute Gasteiger partial charge is 0.264 e. The van der Waals surface area contributed by atoms with Crippen molar-refractivity contribution < 1.29 is 26.7 Å². The quantitative estimate of drug-likeness (QED) is 0.314. The van der Waals surface area contributed by atoms with Gasteiger partial charge in [-0.15, -0.1) is 0 Å². The van der Waals surface area contributed by atoms with E-state index in [-0.39, 0.29) is 18.5 Å². The second-order valence-corrected chi connectivity index (χ2v) is 10.3. The molecule has 1 heterocycles. The summed E-state index contributed by atoms with van der Waals surface area (Å²) < 4.78 is 63.0. The molecule has 0 unspecified atom stereocenters. The van der Waals surface area contributed by atoms with Crippen molar-refractivity contribution in [1.82, 2.24) is 4.90 Å². The Morgan fingerprint density at radius 2 is 1.63 bits per heavy atom. The number of nitrogens with one attached hydrogen (secondary N) is 1. The number of amides is 1. The maximum atomic E-state index is 13.1. The van der Waals surface area contributed by atoms with Crippen LogP contribution in [0, 0.1) is 23.1 Å². The molecule has 3 fully saturated rings. The first-order valence-electron chi connectivity index (χ1n) is 13.0. The van der Waals surface area contributed by atoms with Crippen molar-refractivity contribution >= 4 is 12.1 Å². The van der Waals surface area contributed by atoms with Crippen molar-refractivity contribution in [3.63, 3.8) is 0 Å². The van der Waals surface area contributed by atoms with Crippen LogP contribution >= 0.6 is 0 Å². The zero-order valence-corrected chi connectivity index (χ0v) is 21.3. The first-order valence-corrected chi connectivity index (χ1v) is 13.0. The minimum absolute atomic E-state index is 0.0188. The van der Waals surface area contributed by atoms with Crippen LogP contribution in [0.25, 0.3) is 0 Å². The van der Waals surface area contributed by atoms with Crippen LogP contribution in [0.3, 0.4) is 0 Å². The van der Waals surface area contributed by atoms with Gasteiger partial charge in [0.15, 0.2) is 0 Å². The van der Waals surface area contributed by atoms with Gasteiger partial charge in [-0.2, -0.15) is 0 Å². The Morgan fingerprint density at radius 3 is 2.17 bits per heavy atom. The van der Waals surface area contributed by atoms with E-state index in [2.05, 4.69) is 17.1 Å². The molecule has 1 N–H and O–H groups in total. The zero-order chi connectivity index (χ0) is 26.1. The molecule has 1 saturated heterocycles. The maximum absolute atomic E-state index is 13.1. The minimum Gasteiger partial charge on any atom is -0.329 e. The summed E-state index contributed by atoms with van der Waals surface area (Å²) >= 11 is 0. The molecule has 0 bridgehead atoms. The number of alkyl halides is 4. The van der Waals surface area contributed by atoms with Crippen molar-refractivity contribution in [1.29, 1.82) is 0 Å². The number of benzene rings is 1. The summed E-state index contributed by atoms with van der Waals surface area (Å²) in [5.41, 5.74) is 0.209. The van der Waals surface area contributed by atoms with Crippen LogP contribution < -0.4 is 5.32 Å². The van der Waals surface area contributed by atoms with Crippen LogP contribution in [0.1, 0.15) is 90.5 Å². The van der Waals surface area contributed by atoms with Gasteiger partial charge in [0.2, 0.25) is 12.3 Å². The fourth-order valence-electron chi connectivity index (χ4n) is 5.39. The lowest BCUT2D eigenvalue weighted by Gasteiger charge is -2.54. The molecule has 0 atom stereocenters. The van der Waals surface area contributed by atoms with E-state index in [1.165, 1.54) is 38.8 Å². The number of carbonyl (C=O) groups excluding carboxylic acids is 1. The van der Waals surface area contributed by atoms with Gasteiger partial charge in [0.05, 0.1) is 0 Å². The van der Waals surface area contributed by atoms with Crippen LogP contribution in [0.4, 0.5) is 27.6 Å². The number of rotatable bonds is 6. The third kappa shape index (κ3) is 9.36. The van der Waals surface area contributed by atoms with Gasteiger partial charge in [0, 0.05) is 37.2 Å². The molecule has 3 aliphatic rings. The van der Waals surface area contributed by atoms with Crippen molar-refractivity contribution in [2.45, 2.75) is 90.9 Å². The molecule has 1 amide bonds. The second kappa shape index (κ2) is 13.6. The summed E-state index contributed by atoms with van der Waals surface area (Å²) in [6.07, 6.45) is 6.07. The van der Waals surface area contributed by atoms with E-state index in [4.69, 9.17) is 0 Å². The number of anilines is 1. The summed E-state index contributed by atoms with van der Waals surface area (Å²) in [6.45, 7) is 10.1. The Hall–Kier alpha value is -1.70. The van der Waals surface area contributed by atoms with E-state index in [9.17, 15) is 26.7 Å². The molecular weight excluding hydrogens is 463 g/mol. The van der Waals surface area contributed by atoms with Gasteiger partial charge >= 0.3 is 0 Å². The molecule has 2 saturated carbocycles. The van der Waals surface area contributed by atoms with Gasteiger partial charge in [-0.1, -0.05) is 33.6 Å². The average molecular weight is 505 g/mol. The molecule has 1 aromatic rings. The van der Waals surface area contributed by atoms with E-state index in [0.717, 1.165) is 49.9 Å². The van der Waals surface area contributed by atoms with Crippen molar-refractivity contribution in [2.75, 3.05) is 25.0 Å². The lowest BCUT2D eigenvalue weighted by atomic mass is 9.66. The number of hydrogen-bond acceptors (Lipinski definition) is 2. The molecule has 2 aliphatic carbocycles. The number of hydrogen-bond donors (Lipinski definition) is 1. The molecule has 1 spiro atoms. The number of likely N-dealkylation sites (tertiary alicyclic amines) is 1. The predicted octanol–water partition coefficient (Wildman–Crippen LogP) is 8.07. The fourth-order valence-corrected chi connectivity index (χ4v) is 5.39. The third-order valence-corrected chi connectivity index (χ3v) is 7.54. The van der Waals surface area contributed by atoms with Crippen LogP contribution in [0.2, 0.25) is 0 Å². The SMILES string of the molecule is CC.CC1CCC2(CC1)CN(CCC1CCC(F)(F)CC1)C2.O=CNc1cc(F)cc(C(F)F)c1. The fraction of sp³-hybridized carbons (Fsp3) is 0.741. The summed E-state index contributed by atoms with van der Waals surface area (Å²) in [5.74, 6) is -1.69. The first-order chi connectivity index (χ1) is 16.6. The molecule has 35 heavy (non-hydrogen) atoms. The summed E-state index contributed by atoms with van der Waals surface area (Å²) in [5, 5.41) is 2.09. The van der Waals surface area contributed by atoms with Gasteiger partial charge in [-0.3, -0.25) is 4.79 Å². The number of carbonyl (C=O) groups is 1. The molecule has 1 aliphatic heterocycles. The zero-order valence-electron chi connectivity index (χ0n) is 21.3. The van der Waals surface area contributed by atoms with Gasteiger partial charge in [0.25, 0.3) is 6.43 Å². The van der Waals surface area contributed by atoms with Crippen LogP contribution in [0.15, 0.2) is 18.2 Å². The van der Waals surface area contributed by atoms with Crippen molar-refractivity contribution in [3.05, 3.63) is 29.6 Å². The molecule has 1 aromatic carbocycles. The monoisotopic (exact) mass is 504 g/mol. The molecular formula is C27H41F5N2O. The molecule has 0 aromatic heterocycles. The normalized spacial score (nSPS) is 21.9. The summed E-state index contributed by atoms with van der Waals surface area (Å²) in [7, 11) is 0. The maximum Gasteiger partial charge on any atom is 0.264 e. The Bertz CT molecular complexity index is 763. The number of halogens is 5. The average Bonchev–Trinajstić information content (AvgIpc) is 2.80. The highest BCUT2D eigenvalue weighted by Crippen LogP contribution is 2.46. The second-order valence-electron chi connectivity index (χ2n) is 10.3. The summed E-state index contributed by atoms with van der Waals surface area (Å²) in [6, 6.07) is 2.70. The Kier molecular flexibility index (Phi) is 11.4. The topological polar surface area (TPSA) is 32.3 Å². The third-order valence-electron chi connectivity index (χ3n) is 7.54. The van der Waals surface area contributed by atoms with Crippen LogP contribution in [-0.4, -0.2) is 36.9 Å². The van der Waals surface area contributed by atoms with E-state index in [1.54, 1.807) is 0 Å². The Morgan fingerprint density at radius 1 is 1.03 bits per heavy atom. The van der Waals surface area contributed by atoms with Gasteiger partial charge in [-0.05, 0) is 74.1 Å². The highest BCUT2D eigenvalue weighted by Gasteiger charge is 2.44. The highest BCUT2D eigenvalue weighted by molar-refractivity contribution is 5.71. The predicted molar refractivity (Wildman–Crippen MR) is 130 cm³/mol. The minimum atomic E-state index is -2.75. The van der Waals surface area contributed by atoms with Gasteiger partial charge < -0.3 is 10.2 Å². The lowest BCUT2D eigenvalue weighted by molar-refractivity contribution is -0.105. The van der Waals surface area contributed by atoms with Crippen molar-refractivity contribution in [2.24, 2.45) is 17.3 Å². The standard InChI is InChI=1S/C17H29F2N.C8H6F3NO.C2H6/c1-14-2-7-16(8-3-14)12-20(13-16)11-6-15-4-9-17(18,19)10-5-15;9-6-1-5(8(10)11)2-7(3-6)12-4-13;1-2/h14-15H,2-13H2,1H3;1-4,8H,(H,12,13);1-2H3. The Balaban J connectivity index is 0.000000251.